The molecule has 0 aromatic carbocycles. The van der Waals surface area contributed by atoms with E-state index in [1.807, 2.05) is 12.3 Å². The Morgan fingerprint density at radius 3 is 2.95 bits per heavy atom. The Balaban J connectivity index is 2.01. The van der Waals surface area contributed by atoms with Gasteiger partial charge in [-0.15, -0.1) is 0 Å². The second-order valence-corrected chi connectivity index (χ2v) is 6.25. The number of nitrogens with one attached hydrogen (secondary N) is 1. The van der Waals surface area contributed by atoms with E-state index >= 15 is 0 Å². The number of fused-ring (bicyclic) bond motifs is 1. The maximum Gasteiger partial charge on any atom is 0.277 e. The molecule has 1 aliphatic heterocycles. The summed E-state index contributed by atoms with van der Waals surface area (Å²) in [5, 5.41) is 1.44. The fourth-order valence-corrected chi connectivity index (χ4v) is 2.62. The summed E-state index contributed by atoms with van der Waals surface area (Å²) < 4.78 is 0. The highest BCUT2D eigenvalue weighted by molar-refractivity contribution is 6.31. The number of halogens is 1. The molecule has 1 aliphatic rings. The van der Waals surface area contributed by atoms with Gasteiger partial charge in [-0.1, -0.05) is 25.4 Å². The van der Waals surface area contributed by atoms with Crippen LogP contribution in [-0.4, -0.2) is 33.7 Å². The number of amidine groups is 1. The number of nitrogens with zero attached hydrogens (tertiary/aromatic N) is 3. The van der Waals surface area contributed by atoms with Crippen molar-refractivity contribution in [3.63, 3.8) is 0 Å². The number of H-pyrrole nitrogens is 1. The summed E-state index contributed by atoms with van der Waals surface area (Å²) in [7, 11) is 1.76. The number of hydrogen-bond acceptors (Lipinski definition) is 3. The molecule has 0 saturated heterocycles. The van der Waals surface area contributed by atoms with E-state index < -0.39 is 0 Å². The maximum absolute atomic E-state index is 12.3. The van der Waals surface area contributed by atoms with E-state index in [1.165, 1.54) is 0 Å². The molecule has 0 spiro atoms. The van der Waals surface area contributed by atoms with Crippen LogP contribution >= 0.6 is 11.6 Å². The van der Waals surface area contributed by atoms with Gasteiger partial charge in [-0.2, -0.15) is 0 Å². The Bertz CT molecular complexity index is 804. The van der Waals surface area contributed by atoms with Gasteiger partial charge in [-0.25, -0.2) is 9.98 Å². The zero-order valence-corrected chi connectivity index (χ0v) is 13.5. The fourth-order valence-electron chi connectivity index (χ4n) is 2.46. The Hall–Kier alpha value is -2.14. The smallest absolute Gasteiger partial charge is 0.277 e. The summed E-state index contributed by atoms with van der Waals surface area (Å²) in [6.45, 7) is 4.21. The number of aliphatic imine (C=N–C) groups is 1. The van der Waals surface area contributed by atoms with E-state index in [9.17, 15) is 4.79 Å². The minimum absolute atomic E-state index is 0.0833. The molecule has 2 aromatic heterocycles. The molecule has 1 amide bonds. The first kappa shape index (κ1) is 14.8. The SMILES string of the molecule is CC(C)CC1=NC(=Cc2c[nH]c3ncc(Cl)cc23)C(=O)N1C. The van der Waals surface area contributed by atoms with Gasteiger partial charge in [-0.3, -0.25) is 9.69 Å². The molecule has 0 saturated carbocycles. The average Bonchev–Trinajstić information content (AvgIpc) is 2.96. The number of carbonyl (C=O) groups is 1. The third-order valence-electron chi connectivity index (χ3n) is 3.57. The lowest BCUT2D eigenvalue weighted by molar-refractivity contribution is -0.121. The van der Waals surface area contributed by atoms with Crippen molar-refractivity contribution in [2.45, 2.75) is 20.3 Å². The second-order valence-electron chi connectivity index (χ2n) is 5.81. The van der Waals surface area contributed by atoms with Gasteiger partial charge in [0, 0.05) is 36.8 Å². The summed E-state index contributed by atoms with van der Waals surface area (Å²) in [6.07, 6.45) is 5.96. The lowest BCUT2D eigenvalue weighted by atomic mass is 10.1. The van der Waals surface area contributed by atoms with E-state index in [-0.39, 0.29) is 5.91 Å². The molecule has 3 rings (SSSR count). The Kier molecular flexibility index (Phi) is 3.74. The van der Waals surface area contributed by atoms with Gasteiger partial charge in [0.25, 0.3) is 5.91 Å². The van der Waals surface area contributed by atoms with Crippen molar-refractivity contribution in [2.24, 2.45) is 10.9 Å². The molecule has 5 nitrogen and oxygen atoms in total. The molecule has 3 heterocycles. The van der Waals surface area contributed by atoms with Crippen LogP contribution in [0.4, 0.5) is 0 Å². The van der Waals surface area contributed by atoms with Crippen LogP contribution in [0.25, 0.3) is 17.1 Å². The van der Waals surface area contributed by atoms with E-state index in [4.69, 9.17) is 11.6 Å². The molecule has 0 aliphatic carbocycles. The predicted molar refractivity (Wildman–Crippen MR) is 88.7 cm³/mol. The first-order valence-electron chi connectivity index (χ1n) is 7.15. The minimum atomic E-state index is -0.0833. The Labute approximate surface area is 133 Å². The van der Waals surface area contributed by atoms with Gasteiger partial charge in [0.15, 0.2) is 0 Å². The van der Waals surface area contributed by atoms with E-state index in [2.05, 4.69) is 28.8 Å². The van der Waals surface area contributed by atoms with E-state index in [0.29, 0.717) is 16.6 Å². The molecule has 0 bridgehead atoms. The largest absolute Gasteiger partial charge is 0.346 e. The molecule has 0 unspecified atom stereocenters. The normalized spacial score (nSPS) is 17.1. The number of pyridine rings is 1. The number of hydrogen-bond donors (Lipinski definition) is 1. The zero-order valence-electron chi connectivity index (χ0n) is 12.7. The second kappa shape index (κ2) is 5.57. The van der Waals surface area contributed by atoms with Gasteiger partial charge >= 0.3 is 0 Å². The summed E-state index contributed by atoms with van der Waals surface area (Å²) in [4.78, 5) is 25.7. The molecular formula is C16H17ClN4O. The van der Waals surface area contributed by atoms with Crippen LogP contribution in [-0.2, 0) is 4.79 Å². The van der Waals surface area contributed by atoms with Crippen LogP contribution in [0.1, 0.15) is 25.8 Å². The highest BCUT2D eigenvalue weighted by atomic mass is 35.5. The van der Waals surface area contributed by atoms with Crippen molar-refractivity contribution in [3.8, 4) is 0 Å². The Morgan fingerprint density at radius 2 is 2.23 bits per heavy atom. The molecule has 0 fully saturated rings. The number of amides is 1. The highest BCUT2D eigenvalue weighted by Crippen LogP contribution is 2.25. The molecule has 6 heteroatoms. The topological polar surface area (TPSA) is 61.4 Å². The molecule has 22 heavy (non-hydrogen) atoms. The summed E-state index contributed by atoms with van der Waals surface area (Å²) >= 11 is 6.00. The molecule has 2 aromatic rings. The summed E-state index contributed by atoms with van der Waals surface area (Å²) in [6, 6.07) is 1.83. The van der Waals surface area contributed by atoms with Crippen LogP contribution < -0.4 is 0 Å². The first-order valence-corrected chi connectivity index (χ1v) is 7.53. The maximum atomic E-state index is 12.3. The van der Waals surface area contributed by atoms with Crippen molar-refractivity contribution >= 4 is 40.5 Å². The molecule has 114 valence electrons. The van der Waals surface area contributed by atoms with Crippen molar-refractivity contribution < 1.29 is 4.79 Å². The Morgan fingerprint density at radius 1 is 1.45 bits per heavy atom. The predicted octanol–water partition coefficient (Wildman–Crippen LogP) is 3.47. The number of aromatic nitrogens is 2. The minimum Gasteiger partial charge on any atom is -0.346 e. The molecule has 0 atom stereocenters. The quantitative estimate of drug-likeness (QED) is 0.881. The third kappa shape index (κ3) is 2.64. The monoisotopic (exact) mass is 316 g/mol. The number of aromatic amines is 1. The lowest BCUT2D eigenvalue weighted by Gasteiger charge is -2.12. The lowest BCUT2D eigenvalue weighted by Crippen LogP contribution is -2.28. The van der Waals surface area contributed by atoms with Gasteiger partial charge < -0.3 is 4.98 Å². The van der Waals surface area contributed by atoms with Crippen molar-refractivity contribution in [3.05, 3.63) is 34.7 Å². The number of rotatable bonds is 3. The number of carbonyl (C=O) groups excluding carboxylic acids is 1. The fraction of sp³-hybridized carbons (Fsp3) is 0.312. The van der Waals surface area contributed by atoms with Gasteiger partial charge in [0.2, 0.25) is 0 Å². The average molecular weight is 317 g/mol. The van der Waals surface area contributed by atoms with Crippen molar-refractivity contribution in [1.29, 1.82) is 0 Å². The van der Waals surface area contributed by atoms with Crippen LogP contribution in [0, 0.1) is 5.92 Å². The van der Waals surface area contributed by atoms with Crippen molar-refractivity contribution in [2.75, 3.05) is 7.05 Å². The standard InChI is InChI=1S/C16H17ClN4O/c1-9(2)4-14-20-13(16(22)21(14)3)5-10-7-18-15-12(10)6-11(17)8-19-15/h5-9H,4H2,1-3H3,(H,18,19). The van der Waals surface area contributed by atoms with E-state index in [0.717, 1.165) is 28.9 Å². The third-order valence-corrected chi connectivity index (χ3v) is 3.78. The zero-order chi connectivity index (χ0) is 15.9. The van der Waals surface area contributed by atoms with Crippen LogP contribution in [0.5, 0.6) is 0 Å². The first-order chi connectivity index (χ1) is 10.5. The van der Waals surface area contributed by atoms with Gasteiger partial charge in [0.1, 0.15) is 17.2 Å². The van der Waals surface area contributed by atoms with Crippen molar-refractivity contribution in [1.82, 2.24) is 14.9 Å². The van der Waals surface area contributed by atoms with Gasteiger partial charge in [0.05, 0.1) is 5.02 Å². The summed E-state index contributed by atoms with van der Waals surface area (Å²) in [5.41, 5.74) is 2.04. The van der Waals surface area contributed by atoms with Crippen LogP contribution in [0.2, 0.25) is 5.02 Å². The molecule has 1 N–H and O–H groups in total. The van der Waals surface area contributed by atoms with Gasteiger partial charge in [-0.05, 0) is 18.1 Å². The van der Waals surface area contributed by atoms with E-state index in [1.54, 1.807) is 24.2 Å². The molecular weight excluding hydrogens is 300 g/mol. The molecule has 0 radical (unpaired) electrons. The number of likely N-dealkylation sites (N-methyl/N-ethyl adjacent to an activating group) is 1. The summed E-state index contributed by atoms with van der Waals surface area (Å²) in [5.74, 6) is 1.17. The highest BCUT2D eigenvalue weighted by Gasteiger charge is 2.27. The van der Waals surface area contributed by atoms with Crippen LogP contribution in [0.15, 0.2) is 29.1 Å². The van der Waals surface area contributed by atoms with Crippen LogP contribution in [0.3, 0.4) is 0 Å².